The highest BCUT2D eigenvalue weighted by atomic mass is 32.2. The van der Waals surface area contributed by atoms with Crippen molar-refractivity contribution in [2.45, 2.75) is 11.8 Å². The van der Waals surface area contributed by atoms with Crippen LogP contribution in [0.3, 0.4) is 0 Å². The molecule has 0 aromatic rings. The molecule has 2 aliphatic heterocycles. The van der Waals surface area contributed by atoms with Gasteiger partial charge in [0, 0.05) is 12.9 Å². The first-order valence-electron chi connectivity index (χ1n) is 4.54. The molecule has 1 amide bonds. The van der Waals surface area contributed by atoms with E-state index in [1.165, 1.54) is 12.0 Å². The number of amides is 1. The van der Waals surface area contributed by atoms with E-state index in [1.807, 2.05) is 0 Å². The third-order valence-corrected chi connectivity index (χ3v) is 3.37. The van der Waals surface area contributed by atoms with E-state index in [-0.39, 0.29) is 18.1 Å². The van der Waals surface area contributed by atoms with Crippen LogP contribution in [0, 0.1) is 0 Å². The average Bonchev–Trinajstić information content (AvgIpc) is 2.23. The van der Waals surface area contributed by atoms with Gasteiger partial charge in [-0.05, 0) is 6.08 Å². The summed E-state index contributed by atoms with van der Waals surface area (Å²) in [5.41, 5.74) is 0.354. The minimum Gasteiger partial charge on any atom is -0.434 e. The summed E-state index contributed by atoms with van der Waals surface area (Å²) in [7, 11) is 1.44. The van der Waals surface area contributed by atoms with Gasteiger partial charge in [0.1, 0.15) is 5.70 Å². The van der Waals surface area contributed by atoms with Gasteiger partial charge in [0.25, 0.3) is 0 Å². The van der Waals surface area contributed by atoms with Gasteiger partial charge in [-0.15, -0.1) is 11.8 Å². The van der Waals surface area contributed by atoms with Crippen LogP contribution in [0.15, 0.2) is 11.8 Å². The van der Waals surface area contributed by atoms with Crippen LogP contribution < -0.4 is 0 Å². The number of esters is 1. The standard InChI is InChI=1S/C9H11NO4S/c1-13-5-14-9(12)6-2-3-15-8-4-7(11)10(6)8/h2,8H,3-5H2,1H3/t8-/m1/s1. The monoisotopic (exact) mass is 229 g/mol. The van der Waals surface area contributed by atoms with Crippen molar-refractivity contribution in [1.29, 1.82) is 0 Å². The van der Waals surface area contributed by atoms with Crippen LogP contribution in [0.25, 0.3) is 0 Å². The van der Waals surface area contributed by atoms with E-state index in [4.69, 9.17) is 4.74 Å². The van der Waals surface area contributed by atoms with Crippen molar-refractivity contribution >= 4 is 23.6 Å². The number of ether oxygens (including phenoxy) is 2. The lowest BCUT2D eigenvalue weighted by Crippen LogP contribution is -2.53. The molecule has 0 N–H and O–H groups in total. The van der Waals surface area contributed by atoms with Crippen molar-refractivity contribution in [2.24, 2.45) is 0 Å². The van der Waals surface area contributed by atoms with E-state index < -0.39 is 5.97 Å². The second-order valence-corrected chi connectivity index (χ2v) is 4.39. The molecule has 5 nitrogen and oxygen atoms in total. The van der Waals surface area contributed by atoms with Gasteiger partial charge in [-0.3, -0.25) is 9.69 Å². The average molecular weight is 229 g/mol. The fourth-order valence-corrected chi connectivity index (χ4v) is 2.63. The summed E-state index contributed by atoms with van der Waals surface area (Å²) in [4.78, 5) is 24.3. The molecule has 0 spiro atoms. The van der Waals surface area contributed by atoms with E-state index in [2.05, 4.69) is 4.74 Å². The molecule has 15 heavy (non-hydrogen) atoms. The van der Waals surface area contributed by atoms with Crippen LogP contribution in [0.1, 0.15) is 6.42 Å². The zero-order valence-corrected chi connectivity index (χ0v) is 9.08. The minimum absolute atomic E-state index is 0.0205. The van der Waals surface area contributed by atoms with E-state index in [0.29, 0.717) is 12.1 Å². The molecule has 0 aromatic carbocycles. The SMILES string of the molecule is COCOC(=O)C1=CCS[C@@H]2CC(=O)N12. The minimum atomic E-state index is -0.491. The predicted octanol–water partition coefficient (Wildman–Crippen LogP) is 0.323. The Kier molecular flexibility index (Phi) is 2.97. The van der Waals surface area contributed by atoms with Crippen molar-refractivity contribution in [1.82, 2.24) is 4.90 Å². The molecule has 82 valence electrons. The summed E-state index contributed by atoms with van der Waals surface area (Å²) >= 11 is 1.65. The van der Waals surface area contributed by atoms with Crippen molar-refractivity contribution in [3.63, 3.8) is 0 Å². The van der Waals surface area contributed by atoms with Crippen molar-refractivity contribution in [3.8, 4) is 0 Å². The molecule has 2 rings (SSSR count). The quantitative estimate of drug-likeness (QED) is 0.396. The van der Waals surface area contributed by atoms with E-state index in [9.17, 15) is 9.59 Å². The van der Waals surface area contributed by atoms with E-state index in [0.717, 1.165) is 5.75 Å². The Hall–Kier alpha value is -1.01. The maximum Gasteiger partial charge on any atom is 0.356 e. The second kappa shape index (κ2) is 4.24. The number of methoxy groups -OCH3 is 1. The maximum absolute atomic E-state index is 11.5. The molecule has 0 bridgehead atoms. The zero-order chi connectivity index (χ0) is 10.8. The van der Waals surface area contributed by atoms with Crippen LogP contribution in [0.4, 0.5) is 0 Å². The van der Waals surface area contributed by atoms with Crippen LogP contribution in [-0.4, -0.2) is 41.8 Å². The van der Waals surface area contributed by atoms with Gasteiger partial charge < -0.3 is 9.47 Å². The molecule has 0 radical (unpaired) electrons. The first-order valence-corrected chi connectivity index (χ1v) is 5.59. The summed E-state index contributed by atoms with van der Waals surface area (Å²) in [6.07, 6.45) is 2.23. The molecule has 2 heterocycles. The molecule has 6 heteroatoms. The number of thioether (sulfide) groups is 1. The first-order chi connectivity index (χ1) is 7.24. The Morgan fingerprint density at radius 1 is 1.73 bits per heavy atom. The van der Waals surface area contributed by atoms with Crippen molar-refractivity contribution in [2.75, 3.05) is 19.7 Å². The molecule has 0 saturated carbocycles. The number of fused-ring (bicyclic) bond motifs is 1. The Morgan fingerprint density at radius 2 is 2.53 bits per heavy atom. The van der Waals surface area contributed by atoms with Crippen LogP contribution >= 0.6 is 11.8 Å². The first kappa shape index (κ1) is 10.5. The van der Waals surface area contributed by atoms with Gasteiger partial charge in [-0.1, -0.05) is 0 Å². The predicted molar refractivity (Wildman–Crippen MR) is 53.8 cm³/mol. The fraction of sp³-hybridized carbons (Fsp3) is 0.556. The van der Waals surface area contributed by atoms with E-state index in [1.54, 1.807) is 17.8 Å². The zero-order valence-electron chi connectivity index (χ0n) is 8.26. The fourth-order valence-electron chi connectivity index (χ4n) is 1.51. The Bertz CT molecular complexity index is 328. The maximum atomic E-state index is 11.5. The molecule has 1 saturated heterocycles. The topological polar surface area (TPSA) is 55.8 Å². The summed E-state index contributed by atoms with van der Waals surface area (Å²) in [6.45, 7) is -0.0873. The molecular formula is C9H11NO4S. The van der Waals surface area contributed by atoms with Gasteiger partial charge in [-0.2, -0.15) is 0 Å². The normalized spacial score (nSPS) is 24.1. The van der Waals surface area contributed by atoms with Crippen LogP contribution in [-0.2, 0) is 19.1 Å². The largest absolute Gasteiger partial charge is 0.434 e. The Balaban J connectivity index is 2.03. The van der Waals surface area contributed by atoms with Gasteiger partial charge in [0.15, 0.2) is 6.79 Å². The lowest BCUT2D eigenvalue weighted by atomic mass is 10.1. The van der Waals surface area contributed by atoms with Crippen molar-refractivity contribution in [3.05, 3.63) is 11.8 Å². The molecule has 0 aromatic heterocycles. The lowest BCUT2D eigenvalue weighted by Gasteiger charge is -2.42. The number of carbonyl (C=O) groups is 2. The number of rotatable bonds is 3. The highest BCUT2D eigenvalue weighted by Crippen LogP contribution is 2.37. The van der Waals surface area contributed by atoms with Gasteiger partial charge >= 0.3 is 5.97 Å². The number of carbonyl (C=O) groups excluding carboxylic acids is 2. The Labute approximate surface area is 91.4 Å². The third-order valence-electron chi connectivity index (χ3n) is 2.25. The molecule has 2 aliphatic rings. The summed E-state index contributed by atoms with van der Waals surface area (Å²) < 4.78 is 9.43. The van der Waals surface area contributed by atoms with E-state index >= 15 is 0 Å². The van der Waals surface area contributed by atoms with Crippen LogP contribution in [0.5, 0.6) is 0 Å². The molecule has 0 unspecified atom stereocenters. The van der Waals surface area contributed by atoms with Gasteiger partial charge in [-0.25, -0.2) is 4.79 Å². The smallest absolute Gasteiger partial charge is 0.356 e. The number of hydrogen-bond donors (Lipinski definition) is 0. The molecule has 1 fully saturated rings. The Morgan fingerprint density at radius 3 is 3.20 bits per heavy atom. The highest BCUT2D eigenvalue weighted by Gasteiger charge is 2.43. The number of hydrogen-bond acceptors (Lipinski definition) is 5. The second-order valence-electron chi connectivity index (χ2n) is 3.18. The van der Waals surface area contributed by atoms with Gasteiger partial charge in [0.2, 0.25) is 5.91 Å². The summed E-state index contributed by atoms with van der Waals surface area (Å²) in [6, 6.07) is 0. The lowest BCUT2D eigenvalue weighted by molar-refractivity contribution is -0.156. The summed E-state index contributed by atoms with van der Waals surface area (Å²) in [5.74, 6) is 0.231. The number of nitrogens with zero attached hydrogens (tertiary/aromatic N) is 1. The molecular weight excluding hydrogens is 218 g/mol. The highest BCUT2D eigenvalue weighted by molar-refractivity contribution is 8.00. The molecule has 0 aliphatic carbocycles. The van der Waals surface area contributed by atoms with Gasteiger partial charge in [0.05, 0.1) is 11.8 Å². The van der Waals surface area contributed by atoms with Crippen molar-refractivity contribution < 1.29 is 19.1 Å². The molecule has 1 atom stereocenters. The number of β-lactam (4-membered cyclic amide) rings is 1. The third kappa shape index (κ3) is 1.87. The summed E-state index contributed by atoms with van der Waals surface area (Å²) in [5, 5.41) is 0.118. The van der Waals surface area contributed by atoms with Crippen LogP contribution in [0.2, 0.25) is 0 Å².